The van der Waals surface area contributed by atoms with E-state index in [4.69, 9.17) is 4.74 Å². The molecule has 1 heterocycles. The third-order valence-electron chi connectivity index (χ3n) is 1.30. The van der Waals surface area contributed by atoms with Gasteiger partial charge < -0.3 is 4.74 Å². The zero-order valence-corrected chi connectivity index (χ0v) is 11.8. The van der Waals surface area contributed by atoms with Crippen molar-refractivity contribution in [2.24, 2.45) is 0 Å². The molecule has 0 bridgehead atoms. The van der Waals surface area contributed by atoms with Crippen LogP contribution in [0.3, 0.4) is 0 Å². The van der Waals surface area contributed by atoms with Gasteiger partial charge in [-0.15, -0.1) is 10.8 Å². The minimum absolute atomic E-state index is 0.323. The van der Waals surface area contributed by atoms with E-state index in [-0.39, 0.29) is 0 Å². The first-order chi connectivity index (χ1) is 7.55. The molecule has 0 aliphatic carbocycles. The Morgan fingerprint density at radius 2 is 1.81 bits per heavy atom. The second kappa shape index (κ2) is 9.65. The summed E-state index contributed by atoms with van der Waals surface area (Å²) in [6, 6.07) is 1.68. The van der Waals surface area contributed by atoms with Gasteiger partial charge in [-0.05, 0) is 6.07 Å². The van der Waals surface area contributed by atoms with Crippen LogP contribution < -0.4 is 0 Å². The number of nitrogens with zero attached hydrogens (tertiary/aromatic N) is 2. The van der Waals surface area contributed by atoms with E-state index < -0.39 is 10.8 Å². The van der Waals surface area contributed by atoms with Crippen LogP contribution in [0.1, 0.15) is 33.4 Å². The van der Waals surface area contributed by atoms with Gasteiger partial charge in [0.25, 0.3) is 0 Å². The molecular weight excluding hydrogens is 228 g/mol. The normalized spacial score (nSPS) is 10.8. The second-order valence-corrected chi connectivity index (χ2v) is 4.35. The van der Waals surface area contributed by atoms with Gasteiger partial charge in [0, 0.05) is 13.4 Å². The maximum atomic E-state index is 9.27. The molecule has 0 aliphatic heterocycles. The zero-order valence-electron chi connectivity index (χ0n) is 11.0. The summed E-state index contributed by atoms with van der Waals surface area (Å²) in [4.78, 5) is 0. The highest BCUT2D eigenvalue weighted by molar-refractivity contribution is 8.22. The van der Waals surface area contributed by atoms with Crippen LogP contribution in [0.25, 0.3) is 0 Å². The summed E-state index contributed by atoms with van der Waals surface area (Å²) in [6.45, 7) is 8.32. The number of methoxy groups -OCH3 is 1. The van der Waals surface area contributed by atoms with E-state index in [1.807, 2.05) is 27.7 Å². The number of aromatic nitrogens is 2. The molecule has 0 saturated heterocycles. The number of hydrogen-bond acceptors (Lipinski definition) is 4. The standard InChI is InChI=1S/C6H12N2O3S.2C2H6/c1-11-5-6-3-4-7-8(6)12(2,9)10;2*1-2/h3-4,9-10H,5H2,1-2H3;2*1-2H3. The van der Waals surface area contributed by atoms with Crippen LogP contribution >= 0.6 is 10.8 Å². The van der Waals surface area contributed by atoms with E-state index >= 15 is 0 Å². The Balaban J connectivity index is 0. The molecule has 6 heteroatoms. The summed E-state index contributed by atoms with van der Waals surface area (Å²) in [6.07, 6.45) is 2.82. The molecule has 0 fully saturated rings. The fourth-order valence-corrected chi connectivity index (χ4v) is 1.67. The first kappa shape index (κ1) is 17.8. The third-order valence-corrected chi connectivity index (χ3v) is 2.29. The van der Waals surface area contributed by atoms with Crippen LogP contribution in [0.2, 0.25) is 0 Å². The van der Waals surface area contributed by atoms with Crippen LogP contribution in [0, 0.1) is 0 Å². The molecular formula is C10H24N2O3S. The van der Waals surface area contributed by atoms with Crippen molar-refractivity contribution in [1.29, 1.82) is 0 Å². The van der Waals surface area contributed by atoms with Crippen molar-refractivity contribution in [1.82, 2.24) is 9.19 Å². The average molecular weight is 252 g/mol. The van der Waals surface area contributed by atoms with Crippen LogP contribution in [0.15, 0.2) is 12.3 Å². The van der Waals surface area contributed by atoms with E-state index in [0.717, 1.165) is 0 Å². The molecule has 0 atom stereocenters. The molecule has 0 unspecified atom stereocenters. The van der Waals surface area contributed by atoms with Gasteiger partial charge >= 0.3 is 0 Å². The fourth-order valence-electron chi connectivity index (χ4n) is 0.880. The Labute approximate surface area is 99.9 Å². The summed E-state index contributed by atoms with van der Waals surface area (Å²) in [5.41, 5.74) is 0.653. The summed E-state index contributed by atoms with van der Waals surface area (Å²) in [5.74, 6) is 0. The van der Waals surface area contributed by atoms with E-state index in [1.54, 1.807) is 13.2 Å². The summed E-state index contributed by atoms with van der Waals surface area (Å²) in [5, 5.41) is 3.78. The lowest BCUT2D eigenvalue weighted by molar-refractivity contribution is 0.179. The molecule has 0 spiro atoms. The van der Waals surface area contributed by atoms with E-state index in [1.165, 1.54) is 16.5 Å². The first-order valence-electron chi connectivity index (χ1n) is 5.31. The van der Waals surface area contributed by atoms with Gasteiger partial charge in [-0.25, -0.2) is 0 Å². The summed E-state index contributed by atoms with van der Waals surface area (Å²) in [7, 11) is -1.25. The predicted molar refractivity (Wildman–Crippen MR) is 69.8 cm³/mol. The molecule has 1 aromatic heterocycles. The fraction of sp³-hybridized carbons (Fsp3) is 0.700. The minimum atomic E-state index is -2.79. The van der Waals surface area contributed by atoms with Gasteiger partial charge in [0.05, 0.1) is 18.5 Å². The topological polar surface area (TPSA) is 67.5 Å². The second-order valence-electron chi connectivity index (χ2n) is 2.42. The van der Waals surface area contributed by atoms with Crippen molar-refractivity contribution in [2.45, 2.75) is 34.3 Å². The van der Waals surface area contributed by atoms with Gasteiger partial charge in [0.1, 0.15) is 0 Å². The Hall–Kier alpha value is -0.560. The Bertz CT molecular complexity index is 259. The van der Waals surface area contributed by atoms with Crippen LogP contribution in [-0.4, -0.2) is 31.7 Å². The summed E-state index contributed by atoms with van der Waals surface area (Å²) < 4.78 is 24.6. The lowest BCUT2D eigenvalue weighted by atomic mass is 10.5. The smallest absolute Gasteiger partial charge is 0.0900 e. The lowest BCUT2D eigenvalue weighted by Gasteiger charge is -2.28. The zero-order chi connectivity index (χ0) is 13.2. The molecule has 0 aromatic carbocycles. The molecule has 2 N–H and O–H groups in total. The molecule has 16 heavy (non-hydrogen) atoms. The Morgan fingerprint density at radius 1 is 1.31 bits per heavy atom. The van der Waals surface area contributed by atoms with Crippen LogP contribution in [0.4, 0.5) is 0 Å². The molecule has 98 valence electrons. The highest BCUT2D eigenvalue weighted by Crippen LogP contribution is 2.35. The average Bonchev–Trinajstić information content (AvgIpc) is 2.72. The summed E-state index contributed by atoms with van der Waals surface area (Å²) >= 11 is 0. The van der Waals surface area contributed by atoms with Gasteiger partial charge in [-0.1, -0.05) is 27.7 Å². The maximum absolute atomic E-state index is 9.27. The number of rotatable bonds is 3. The largest absolute Gasteiger partial charge is 0.378 e. The van der Waals surface area contributed by atoms with Crippen molar-refractivity contribution in [3.8, 4) is 0 Å². The Kier molecular flexibility index (Phi) is 10.8. The maximum Gasteiger partial charge on any atom is 0.0900 e. The van der Waals surface area contributed by atoms with Gasteiger partial charge in [0.2, 0.25) is 0 Å². The monoisotopic (exact) mass is 252 g/mol. The highest BCUT2D eigenvalue weighted by atomic mass is 32.3. The highest BCUT2D eigenvalue weighted by Gasteiger charge is 2.11. The Morgan fingerprint density at radius 3 is 2.19 bits per heavy atom. The van der Waals surface area contributed by atoms with Gasteiger partial charge in [-0.3, -0.25) is 9.11 Å². The number of hydrogen-bond donors (Lipinski definition) is 2. The minimum Gasteiger partial charge on any atom is -0.378 e. The van der Waals surface area contributed by atoms with Crippen molar-refractivity contribution in [3.05, 3.63) is 18.0 Å². The SMILES string of the molecule is CC.CC.COCc1ccnn1S(C)(O)O. The molecule has 5 nitrogen and oxygen atoms in total. The van der Waals surface area contributed by atoms with E-state index in [9.17, 15) is 9.11 Å². The predicted octanol–water partition coefficient (Wildman–Crippen LogP) is 3.23. The van der Waals surface area contributed by atoms with Gasteiger partial charge in [0.15, 0.2) is 0 Å². The van der Waals surface area contributed by atoms with E-state index in [2.05, 4.69) is 5.10 Å². The van der Waals surface area contributed by atoms with Crippen molar-refractivity contribution in [3.63, 3.8) is 0 Å². The molecule has 1 aromatic rings. The molecule has 1 rings (SSSR count). The van der Waals surface area contributed by atoms with Gasteiger partial charge in [-0.2, -0.15) is 9.19 Å². The van der Waals surface area contributed by atoms with Crippen LogP contribution in [0.5, 0.6) is 0 Å². The van der Waals surface area contributed by atoms with Crippen molar-refractivity contribution in [2.75, 3.05) is 13.4 Å². The number of ether oxygens (including phenoxy) is 1. The lowest BCUT2D eigenvalue weighted by Crippen LogP contribution is -2.12. The van der Waals surface area contributed by atoms with Crippen LogP contribution in [-0.2, 0) is 11.3 Å². The van der Waals surface area contributed by atoms with Crippen molar-refractivity contribution < 1.29 is 13.8 Å². The van der Waals surface area contributed by atoms with Crippen molar-refractivity contribution >= 4 is 10.8 Å². The third kappa shape index (κ3) is 6.12. The molecule has 0 amide bonds. The molecule has 0 radical (unpaired) electrons. The molecule has 0 aliphatic rings. The quantitative estimate of drug-likeness (QED) is 0.866. The van der Waals surface area contributed by atoms with E-state index in [0.29, 0.717) is 12.3 Å². The first-order valence-corrected chi connectivity index (χ1v) is 7.22. The molecule has 0 saturated carbocycles.